The normalized spacial score (nSPS) is 12.0. The fourth-order valence-electron chi connectivity index (χ4n) is 1.93. The van der Waals surface area contributed by atoms with Gasteiger partial charge in [0, 0.05) is 10.0 Å². The van der Waals surface area contributed by atoms with Gasteiger partial charge in [-0.2, -0.15) is 0 Å². The van der Waals surface area contributed by atoms with Gasteiger partial charge in [0.25, 0.3) is 0 Å². The van der Waals surface area contributed by atoms with E-state index in [1.54, 1.807) is 18.2 Å². The Morgan fingerprint density at radius 2 is 1.81 bits per heavy atom. The first-order chi connectivity index (χ1) is 9.88. The number of benzene rings is 2. The number of carboxylic acids is 1. The van der Waals surface area contributed by atoms with Crippen molar-refractivity contribution in [3.63, 3.8) is 0 Å². The maximum absolute atomic E-state index is 10.9. The molecule has 2 aromatic rings. The fraction of sp³-hybridized carbons (Fsp3) is 0.133. The Morgan fingerprint density at radius 3 is 2.38 bits per heavy atom. The summed E-state index contributed by atoms with van der Waals surface area (Å²) >= 11 is 18.1. The maximum Gasteiger partial charge on any atom is 0.335 e. The maximum atomic E-state index is 10.9. The molecule has 3 nitrogen and oxygen atoms in total. The van der Waals surface area contributed by atoms with Crippen molar-refractivity contribution in [2.75, 3.05) is 5.32 Å². The average molecular weight is 345 g/mol. The predicted molar refractivity (Wildman–Crippen MR) is 86.9 cm³/mol. The lowest BCUT2D eigenvalue weighted by Crippen LogP contribution is -2.08. The third kappa shape index (κ3) is 3.82. The van der Waals surface area contributed by atoms with Gasteiger partial charge in [-0.25, -0.2) is 4.79 Å². The van der Waals surface area contributed by atoms with Gasteiger partial charge in [0.1, 0.15) is 0 Å². The molecule has 0 aromatic heterocycles. The minimum atomic E-state index is -1.02. The van der Waals surface area contributed by atoms with Crippen molar-refractivity contribution in [1.29, 1.82) is 0 Å². The van der Waals surface area contributed by atoms with Crippen LogP contribution in [0.15, 0.2) is 36.4 Å². The van der Waals surface area contributed by atoms with E-state index >= 15 is 0 Å². The largest absolute Gasteiger partial charge is 0.478 e. The number of rotatable bonds is 4. The van der Waals surface area contributed by atoms with E-state index in [4.69, 9.17) is 39.9 Å². The molecule has 0 amide bonds. The average Bonchev–Trinajstić information content (AvgIpc) is 2.40. The summed E-state index contributed by atoms with van der Waals surface area (Å²) in [6.07, 6.45) is 0. The van der Waals surface area contributed by atoms with Crippen LogP contribution in [0.25, 0.3) is 0 Å². The van der Waals surface area contributed by atoms with Crippen molar-refractivity contribution in [2.24, 2.45) is 0 Å². The number of aromatic carboxylic acids is 1. The molecule has 0 saturated carbocycles. The lowest BCUT2D eigenvalue weighted by molar-refractivity contribution is 0.0697. The predicted octanol–water partition coefficient (Wildman–Crippen LogP) is 5.52. The summed E-state index contributed by atoms with van der Waals surface area (Å²) in [5.41, 5.74) is 1.65. The molecule has 0 fully saturated rings. The van der Waals surface area contributed by atoms with Gasteiger partial charge in [-0.05, 0) is 42.8 Å². The molecule has 2 aromatic carbocycles. The SMILES string of the molecule is CC(Nc1ccc(C(=O)O)cc1Cl)c1ccc(Cl)cc1Cl. The Kier molecular flexibility index (Phi) is 4.99. The summed E-state index contributed by atoms with van der Waals surface area (Å²) in [6.45, 7) is 1.93. The van der Waals surface area contributed by atoms with E-state index in [-0.39, 0.29) is 11.6 Å². The molecule has 0 bridgehead atoms. The van der Waals surface area contributed by atoms with Gasteiger partial charge < -0.3 is 10.4 Å². The quantitative estimate of drug-likeness (QED) is 0.768. The highest BCUT2D eigenvalue weighted by Crippen LogP contribution is 2.31. The van der Waals surface area contributed by atoms with Crippen LogP contribution in [0.3, 0.4) is 0 Å². The Balaban J connectivity index is 2.23. The topological polar surface area (TPSA) is 49.3 Å². The Bertz CT molecular complexity index is 689. The number of carbonyl (C=O) groups is 1. The van der Waals surface area contributed by atoms with Gasteiger partial charge in [-0.1, -0.05) is 40.9 Å². The van der Waals surface area contributed by atoms with Gasteiger partial charge in [0.2, 0.25) is 0 Å². The molecule has 0 heterocycles. The second kappa shape index (κ2) is 6.56. The van der Waals surface area contributed by atoms with Crippen molar-refractivity contribution in [3.05, 3.63) is 62.6 Å². The summed E-state index contributed by atoms with van der Waals surface area (Å²) in [5, 5.41) is 13.6. The van der Waals surface area contributed by atoms with E-state index < -0.39 is 5.97 Å². The van der Waals surface area contributed by atoms with Crippen molar-refractivity contribution in [3.8, 4) is 0 Å². The van der Waals surface area contributed by atoms with Crippen LogP contribution in [-0.4, -0.2) is 11.1 Å². The van der Waals surface area contributed by atoms with Crippen molar-refractivity contribution >= 4 is 46.5 Å². The third-order valence-electron chi connectivity index (χ3n) is 3.02. The molecule has 21 heavy (non-hydrogen) atoms. The minimum Gasteiger partial charge on any atom is -0.478 e. The molecule has 0 aliphatic rings. The van der Waals surface area contributed by atoms with Crippen LogP contribution in [0, 0.1) is 0 Å². The third-order valence-corrected chi connectivity index (χ3v) is 3.89. The molecule has 0 saturated heterocycles. The lowest BCUT2D eigenvalue weighted by atomic mass is 10.1. The van der Waals surface area contributed by atoms with Crippen molar-refractivity contribution in [1.82, 2.24) is 0 Å². The zero-order chi connectivity index (χ0) is 15.6. The van der Waals surface area contributed by atoms with Gasteiger partial charge in [-0.15, -0.1) is 0 Å². The molecule has 1 atom stereocenters. The summed E-state index contributed by atoms with van der Waals surface area (Å²) in [5.74, 6) is -1.02. The lowest BCUT2D eigenvalue weighted by Gasteiger charge is -2.18. The van der Waals surface area contributed by atoms with Gasteiger partial charge in [0.05, 0.1) is 22.3 Å². The number of anilines is 1. The van der Waals surface area contributed by atoms with Gasteiger partial charge in [0.15, 0.2) is 0 Å². The van der Waals surface area contributed by atoms with E-state index in [1.807, 2.05) is 13.0 Å². The molecular weight excluding hydrogens is 333 g/mol. The highest BCUT2D eigenvalue weighted by Gasteiger charge is 2.13. The van der Waals surface area contributed by atoms with E-state index in [0.717, 1.165) is 5.56 Å². The number of hydrogen-bond donors (Lipinski definition) is 2. The van der Waals surface area contributed by atoms with Crippen LogP contribution in [0.4, 0.5) is 5.69 Å². The number of halogens is 3. The van der Waals surface area contributed by atoms with Crippen molar-refractivity contribution in [2.45, 2.75) is 13.0 Å². The van der Waals surface area contributed by atoms with Gasteiger partial charge in [-0.3, -0.25) is 0 Å². The second-order valence-corrected chi connectivity index (χ2v) is 5.78. The van der Waals surface area contributed by atoms with Crippen LogP contribution in [0.5, 0.6) is 0 Å². The first kappa shape index (κ1) is 16.0. The van der Waals surface area contributed by atoms with Gasteiger partial charge >= 0.3 is 5.97 Å². The van der Waals surface area contributed by atoms with E-state index in [9.17, 15) is 4.79 Å². The second-order valence-electron chi connectivity index (χ2n) is 4.53. The van der Waals surface area contributed by atoms with E-state index in [2.05, 4.69) is 5.32 Å². The Labute approximate surface area is 137 Å². The van der Waals surface area contributed by atoms with Crippen LogP contribution in [0.2, 0.25) is 15.1 Å². The van der Waals surface area contributed by atoms with Crippen LogP contribution >= 0.6 is 34.8 Å². The van der Waals surface area contributed by atoms with Crippen LogP contribution < -0.4 is 5.32 Å². The fourth-order valence-corrected chi connectivity index (χ4v) is 2.74. The standard InChI is InChI=1S/C15H12Cl3NO2/c1-8(11-4-3-10(16)7-12(11)17)19-14-5-2-9(15(20)21)6-13(14)18/h2-8,19H,1H3,(H,20,21). The molecule has 0 aliphatic carbocycles. The van der Waals surface area contributed by atoms with Crippen LogP contribution in [0.1, 0.15) is 28.9 Å². The highest BCUT2D eigenvalue weighted by molar-refractivity contribution is 6.35. The van der Waals surface area contributed by atoms with E-state index in [0.29, 0.717) is 20.8 Å². The summed E-state index contributed by atoms with van der Waals surface area (Å²) in [4.78, 5) is 10.9. The molecule has 110 valence electrons. The number of carboxylic acid groups (broad SMARTS) is 1. The molecule has 6 heteroatoms. The zero-order valence-corrected chi connectivity index (χ0v) is 13.3. The zero-order valence-electron chi connectivity index (χ0n) is 11.0. The minimum absolute atomic E-state index is 0.108. The number of nitrogens with one attached hydrogen (secondary N) is 1. The molecular formula is C15H12Cl3NO2. The summed E-state index contributed by atoms with van der Waals surface area (Å²) < 4.78 is 0. The Morgan fingerprint density at radius 1 is 1.10 bits per heavy atom. The highest BCUT2D eigenvalue weighted by atomic mass is 35.5. The first-order valence-electron chi connectivity index (χ1n) is 6.13. The molecule has 2 rings (SSSR count). The molecule has 2 N–H and O–H groups in total. The first-order valence-corrected chi connectivity index (χ1v) is 7.26. The Hall–Kier alpha value is -1.42. The summed E-state index contributed by atoms with van der Waals surface area (Å²) in [6, 6.07) is 9.69. The summed E-state index contributed by atoms with van der Waals surface area (Å²) in [7, 11) is 0. The molecule has 0 spiro atoms. The number of hydrogen-bond acceptors (Lipinski definition) is 2. The smallest absolute Gasteiger partial charge is 0.335 e. The molecule has 0 radical (unpaired) electrons. The van der Waals surface area contributed by atoms with E-state index in [1.165, 1.54) is 12.1 Å². The monoisotopic (exact) mass is 343 g/mol. The van der Waals surface area contributed by atoms with Crippen LogP contribution in [-0.2, 0) is 0 Å². The molecule has 0 aliphatic heterocycles. The van der Waals surface area contributed by atoms with Crippen molar-refractivity contribution < 1.29 is 9.90 Å². The molecule has 1 unspecified atom stereocenters.